The van der Waals surface area contributed by atoms with Crippen molar-refractivity contribution >= 4 is 10.1 Å². The Morgan fingerprint density at radius 2 is 2.15 bits per heavy atom. The second-order valence-corrected chi connectivity index (χ2v) is 4.13. The topological polar surface area (TPSA) is 76.1 Å². The molecule has 0 aliphatic carbocycles. The van der Waals surface area contributed by atoms with Crippen LogP contribution in [0.15, 0.2) is 0 Å². The Bertz CT molecular complexity index is 271. The molecule has 1 N–H and O–H groups in total. The van der Waals surface area contributed by atoms with E-state index >= 15 is 0 Å². The maximum atomic E-state index is 12.4. The number of epoxide rings is 1. The van der Waals surface area contributed by atoms with Crippen LogP contribution in [0.2, 0.25) is 0 Å². The molecule has 1 fully saturated rings. The Labute approximate surface area is 73.4 Å². The highest BCUT2D eigenvalue weighted by Crippen LogP contribution is 2.21. The van der Waals surface area contributed by atoms with Crippen LogP contribution in [0.3, 0.4) is 0 Å². The lowest BCUT2D eigenvalue weighted by molar-refractivity contribution is -0.0238. The molecule has 13 heavy (non-hydrogen) atoms. The second kappa shape index (κ2) is 3.45. The molecular weight excluding hydrogens is 210 g/mol. The molecule has 8 heteroatoms. The van der Waals surface area contributed by atoms with E-state index < -0.39 is 22.0 Å². The quantitative estimate of drug-likeness (QED) is 0.514. The van der Waals surface area contributed by atoms with Gasteiger partial charge in [0.05, 0.1) is 13.2 Å². The Morgan fingerprint density at radius 3 is 2.54 bits per heavy atom. The fourth-order valence-electron chi connectivity index (χ4n) is 0.548. The first-order valence-corrected chi connectivity index (χ1v) is 4.81. The molecule has 1 atom stereocenters. The van der Waals surface area contributed by atoms with Gasteiger partial charge >= 0.3 is 15.4 Å². The molecule has 1 aliphatic rings. The summed E-state index contributed by atoms with van der Waals surface area (Å²) in [5.41, 5.74) is 0. The molecule has 1 saturated heterocycles. The fourth-order valence-corrected chi connectivity index (χ4v) is 0.780. The smallest absolute Gasteiger partial charge is 0.371 e. The average Bonchev–Trinajstić information content (AvgIpc) is 2.68. The first-order valence-electron chi connectivity index (χ1n) is 3.37. The van der Waals surface area contributed by atoms with Gasteiger partial charge in [-0.2, -0.15) is 17.2 Å². The SMILES string of the molecule is O=S(=O)(O)C(F)(F)COCC1CO1. The third-order valence-corrected chi connectivity index (χ3v) is 2.23. The Hall–Kier alpha value is -0.310. The molecule has 1 rings (SSSR count). The number of halogens is 2. The second-order valence-electron chi connectivity index (χ2n) is 2.58. The van der Waals surface area contributed by atoms with E-state index in [-0.39, 0.29) is 12.7 Å². The first-order chi connectivity index (χ1) is 5.83. The van der Waals surface area contributed by atoms with E-state index in [1.165, 1.54) is 0 Å². The minimum Gasteiger partial charge on any atom is -0.371 e. The molecule has 1 heterocycles. The van der Waals surface area contributed by atoms with Crippen molar-refractivity contribution in [2.45, 2.75) is 11.4 Å². The van der Waals surface area contributed by atoms with Gasteiger partial charge in [-0.15, -0.1) is 0 Å². The van der Waals surface area contributed by atoms with Gasteiger partial charge in [-0.1, -0.05) is 0 Å². The van der Waals surface area contributed by atoms with Gasteiger partial charge < -0.3 is 9.47 Å². The molecule has 0 radical (unpaired) electrons. The molecular formula is C5H8F2O5S. The van der Waals surface area contributed by atoms with Gasteiger partial charge in [0.15, 0.2) is 0 Å². The summed E-state index contributed by atoms with van der Waals surface area (Å²) in [6, 6.07) is 0. The van der Waals surface area contributed by atoms with Crippen LogP contribution < -0.4 is 0 Å². The van der Waals surface area contributed by atoms with E-state index in [9.17, 15) is 17.2 Å². The molecule has 0 aromatic heterocycles. The van der Waals surface area contributed by atoms with Crippen molar-refractivity contribution in [3.63, 3.8) is 0 Å². The van der Waals surface area contributed by atoms with Gasteiger partial charge in [0.1, 0.15) is 12.7 Å². The highest BCUT2D eigenvalue weighted by atomic mass is 32.2. The monoisotopic (exact) mass is 218 g/mol. The number of alkyl halides is 2. The van der Waals surface area contributed by atoms with Crippen molar-refractivity contribution in [1.29, 1.82) is 0 Å². The molecule has 5 nitrogen and oxygen atoms in total. The molecule has 0 saturated carbocycles. The molecule has 0 spiro atoms. The van der Waals surface area contributed by atoms with E-state index in [4.69, 9.17) is 4.55 Å². The lowest BCUT2D eigenvalue weighted by atomic mass is 10.5. The average molecular weight is 218 g/mol. The predicted molar refractivity (Wildman–Crippen MR) is 37.1 cm³/mol. The Morgan fingerprint density at radius 1 is 1.62 bits per heavy atom. The van der Waals surface area contributed by atoms with Crippen molar-refractivity contribution in [3.8, 4) is 0 Å². The molecule has 0 aromatic rings. The Balaban J connectivity index is 2.32. The predicted octanol–water partition coefficient (Wildman–Crippen LogP) is -0.118. The van der Waals surface area contributed by atoms with Gasteiger partial charge in [0.2, 0.25) is 0 Å². The number of ether oxygens (including phenoxy) is 2. The van der Waals surface area contributed by atoms with Crippen LogP contribution in [0.1, 0.15) is 0 Å². The summed E-state index contributed by atoms with van der Waals surface area (Å²) in [6.07, 6.45) is -0.225. The molecule has 0 aromatic carbocycles. The fraction of sp³-hybridized carbons (Fsp3) is 1.00. The lowest BCUT2D eigenvalue weighted by Crippen LogP contribution is -2.34. The van der Waals surface area contributed by atoms with E-state index in [2.05, 4.69) is 9.47 Å². The van der Waals surface area contributed by atoms with Crippen molar-refractivity contribution in [2.75, 3.05) is 19.8 Å². The van der Waals surface area contributed by atoms with Gasteiger partial charge in [-0.3, -0.25) is 4.55 Å². The van der Waals surface area contributed by atoms with Gasteiger partial charge in [-0.05, 0) is 0 Å². The minimum atomic E-state index is -5.38. The van der Waals surface area contributed by atoms with E-state index in [0.29, 0.717) is 6.61 Å². The van der Waals surface area contributed by atoms with E-state index in [1.54, 1.807) is 0 Å². The van der Waals surface area contributed by atoms with Crippen LogP contribution in [0.5, 0.6) is 0 Å². The zero-order valence-corrected chi connectivity index (χ0v) is 7.26. The lowest BCUT2D eigenvalue weighted by Gasteiger charge is -2.11. The molecule has 1 unspecified atom stereocenters. The Kier molecular flexibility index (Phi) is 2.85. The van der Waals surface area contributed by atoms with Crippen LogP contribution in [0.25, 0.3) is 0 Å². The summed E-state index contributed by atoms with van der Waals surface area (Å²) >= 11 is 0. The summed E-state index contributed by atoms with van der Waals surface area (Å²) in [6.45, 7) is -1.02. The standard InChI is InChI=1S/C5H8F2O5S/c6-5(7,13(8,9)10)3-11-1-4-2-12-4/h4H,1-3H2,(H,8,9,10). The maximum absolute atomic E-state index is 12.4. The van der Waals surface area contributed by atoms with Crippen LogP contribution in [-0.4, -0.2) is 44.1 Å². The summed E-state index contributed by atoms with van der Waals surface area (Å²) in [5.74, 6) is 0. The highest BCUT2D eigenvalue weighted by Gasteiger charge is 2.44. The van der Waals surface area contributed by atoms with Crippen molar-refractivity contribution in [2.24, 2.45) is 0 Å². The molecule has 0 amide bonds. The summed E-state index contributed by atoms with van der Waals surface area (Å²) in [4.78, 5) is 0. The third kappa shape index (κ3) is 3.14. The van der Waals surface area contributed by atoms with Gasteiger partial charge in [0, 0.05) is 0 Å². The van der Waals surface area contributed by atoms with Crippen molar-refractivity contribution in [3.05, 3.63) is 0 Å². The van der Waals surface area contributed by atoms with Crippen LogP contribution in [-0.2, 0) is 19.6 Å². The first kappa shape index (κ1) is 10.8. The normalized spacial score (nSPS) is 23.2. The van der Waals surface area contributed by atoms with Crippen LogP contribution in [0.4, 0.5) is 8.78 Å². The van der Waals surface area contributed by atoms with Crippen molar-refractivity contribution < 1.29 is 31.2 Å². The zero-order valence-electron chi connectivity index (χ0n) is 6.44. The number of hydrogen-bond donors (Lipinski definition) is 1. The largest absolute Gasteiger partial charge is 0.392 e. The van der Waals surface area contributed by atoms with Gasteiger partial charge in [-0.25, -0.2) is 0 Å². The maximum Gasteiger partial charge on any atom is 0.392 e. The van der Waals surface area contributed by atoms with Crippen molar-refractivity contribution in [1.82, 2.24) is 0 Å². The summed E-state index contributed by atoms with van der Waals surface area (Å²) in [5, 5.41) is -4.25. The molecule has 0 bridgehead atoms. The zero-order chi connectivity index (χ0) is 10.1. The van der Waals surface area contributed by atoms with Gasteiger partial charge in [0.25, 0.3) is 0 Å². The molecule has 78 valence electrons. The minimum absolute atomic E-state index is 0.0922. The third-order valence-electron chi connectivity index (χ3n) is 1.35. The molecule has 1 aliphatic heterocycles. The number of rotatable bonds is 5. The highest BCUT2D eigenvalue weighted by molar-refractivity contribution is 7.86. The van der Waals surface area contributed by atoms with E-state index in [1.807, 2.05) is 0 Å². The number of hydrogen-bond acceptors (Lipinski definition) is 4. The van der Waals surface area contributed by atoms with Crippen LogP contribution >= 0.6 is 0 Å². The summed E-state index contributed by atoms with van der Waals surface area (Å²) in [7, 11) is -5.38. The van der Waals surface area contributed by atoms with E-state index in [0.717, 1.165) is 0 Å². The van der Waals surface area contributed by atoms with Crippen LogP contribution in [0, 0.1) is 0 Å². The summed E-state index contributed by atoms with van der Waals surface area (Å²) < 4.78 is 61.9.